The van der Waals surface area contributed by atoms with Crippen LogP contribution in [0.1, 0.15) is 37.6 Å². The Morgan fingerprint density at radius 3 is 2.44 bits per heavy atom. The molecule has 0 spiro atoms. The molecule has 0 saturated heterocycles. The van der Waals surface area contributed by atoms with Crippen molar-refractivity contribution >= 4 is 29.1 Å². The summed E-state index contributed by atoms with van der Waals surface area (Å²) in [7, 11) is 0. The van der Waals surface area contributed by atoms with Crippen molar-refractivity contribution in [3.05, 3.63) is 34.9 Å². The second-order valence-corrected chi connectivity index (χ2v) is 6.13. The van der Waals surface area contributed by atoms with Crippen molar-refractivity contribution in [3.63, 3.8) is 0 Å². The Labute approximate surface area is 119 Å². The average molecular weight is 288 g/mol. The van der Waals surface area contributed by atoms with Gasteiger partial charge in [-0.2, -0.15) is 0 Å². The Bertz CT molecular complexity index is 413. The molecule has 1 aromatic rings. The van der Waals surface area contributed by atoms with Crippen LogP contribution in [0.15, 0.2) is 24.3 Å². The molecule has 1 rings (SSSR count). The van der Waals surface area contributed by atoms with Crippen molar-refractivity contribution in [2.45, 2.75) is 33.2 Å². The Hall–Kier alpha value is -0.730. The maximum absolute atomic E-state index is 12.2. The lowest BCUT2D eigenvalue weighted by atomic mass is 9.85. The summed E-state index contributed by atoms with van der Waals surface area (Å²) in [6.45, 7) is 6.24. The Morgan fingerprint density at radius 1 is 1.33 bits per heavy atom. The van der Waals surface area contributed by atoms with Crippen LogP contribution < -0.4 is 5.32 Å². The zero-order valence-electron chi connectivity index (χ0n) is 11.0. The standard InChI is InChI=1S/C14H19Cl2NO/c1-14(2,3)12(8-9-15)17-13(18)10-6-4-5-7-11(10)16/h4-7,12H,8-9H2,1-3H3,(H,17,18). The first kappa shape index (κ1) is 15.3. The second-order valence-electron chi connectivity index (χ2n) is 5.35. The van der Waals surface area contributed by atoms with Gasteiger partial charge in [-0.05, 0) is 24.0 Å². The number of alkyl halides is 1. The molecule has 2 nitrogen and oxygen atoms in total. The minimum Gasteiger partial charge on any atom is -0.349 e. The van der Waals surface area contributed by atoms with E-state index in [-0.39, 0.29) is 17.4 Å². The van der Waals surface area contributed by atoms with Crippen molar-refractivity contribution in [2.75, 3.05) is 5.88 Å². The lowest BCUT2D eigenvalue weighted by Crippen LogP contribution is -2.44. The molecule has 0 heterocycles. The normalized spacial score (nSPS) is 13.2. The number of benzene rings is 1. The van der Waals surface area contributed by atoms with Crippen LogP contribution in [0.3, 0.4) is 0 Å². The highest BCUT2D eigenvalue weighted by molar-refractivity contribution is 6.33. The number of carbonyl (C=O) groups excluding carboxylic acids is 1. The number of rotatable bonds is 4. The average Bonchev–Trinajstić information content (AvgIpc) is 2.27. The van der Waals surface area contributed by atoms with Crippen molar-refractivity contribution in [2.24, 2.45) is 5.41 Å². The molecular weight excluding hydrogens is 269 g/mol. The molecule has 100 valence electrons. The molecule has 1 amide bonds. The van der Waals surface area contributed by atoms with Gasteiger partial charge < -0.3 is 5.32 Å². The van der Waals surface area contributed by atoms with Crippen molar-refractivity contribution < 1.29 is 4.79 Å². The molecule has 0 aliphatic carbocycles. The lowest BCUT2D eigenvalue weighted by molar-refractivity contribution is 0.0900. The third-order valence-corrected chi connectivity index (χ3v) is 3.41. The highest BCUT2D eigenvalue weighted by Crippen LogP contribution is 2.23. The lowest BCUT2D eigenvalue weighted by Gasteiger charge is -2.31. The molecule has 4 heteroatoms. The Kier molecular flexibility index (Phi) is 5.48. The van der Waals surface area contributed by atoms with Crippen molar-refractivity contribution in [3.8, 4) is 0 Å². The molecule has 0 aliphatic heterocycles. The number of nitrogens with one attached hydrogen (secondary N) is 1. The van der Waals surface area contributed by atoms with E-state index in [0.29, 0.717) is 16.5 Å². The fourth-order valence-corrected chi connectivity index (χ4v) is 2.15. The summed E-state index contributed by atoms with van der Waals surface area (Å²) < 4.78 is 0. The van der Waals surface area contributed by atoms with Crippen LogP contribution in [0.2, 0.25) is 5.02 Å². The monoisotopic (exact) mass is 287 g/mol. The quantitative estimate of drug-likeness (QED) is 0.830. The fraction of sp³-hybridized carbons (Fsp3) is 0.500. The molecule has 0 fully saturated rings. The molecule has 0 radical (unpaired) electrons. The third kappa shape index (κ3) is 4.18. The smallest absolute Gasteiger partial charge is 0.253 e. The molecule has 0 bridgehead atoms. The summed E-state index contributed by atoms with van der Waals surface area (Å²) in [5.41, 5.74) is 0.467. The summed E-state index contributed by atoms with van der Waals surface area (Å²) in [6.07, 6.45) is 0.737. The minimum absolute atomic E-state index is 0.0266. The number of hydrogen-bond acceptors (Lipinski definition) is 1. The summed E-state index contributed by atoms with van der Waals surface area (Å²) in [5.74, 6) is 0.371. The molecule has 0 aliphatic rings. The molecule has 1 atom stereocenters. The summed E-state index contributed by atoms with van der Waals surface area (Å²) in [6, 6.07) is 7.06. The second kappa shape index (κ2) is 6.44. The van der Waals surface area contributed by atoms with Crippen molar-refractivity contribution in [1.82, 2.24) is 5.32 Å². The predicted octanol–water partition coefficient (Wildman–Crippen LogP) is 4.11. The van der Waals surface area contributed by atoms with Gasteiger partial charge >= 0.3 is 0 Å². The summed E-state index contributed by atoms with van der Waals surface area (Å²) in [5, 5.41) is 3.47. The van der Waals surface area contributed by atoms with E-state index in [1.807, 2.05) is 0 Å². The zero-order valence-corrected chi connectivity index (χ0v) is 12.5. The van der Waals surface area contributed by atoms with Gasteiger partial charge in [-0.15, -0.1) is 11.6 Å². The first-order valence-corrected chi connectivity index (χ1v) is 6.89. The van der Waals surface area contributed by atoms with Gasteiger partial charge in [-0.3, -0.25) is 4.79 Å². The van der Waals surface area contributed by atoms with E-state index in [0.717, 1.165) is 6.42 Å². The summed E-state index contributed by atoms with van der Waals surface area (Å²) in [4.78, 5) is 12.2. The van der Waals surface area contributed by atoms with Crippen LogP contribution in [0.25, 0.3) is 0 Å². The maximum Gasteiger partial charge on any atom is 0.253 e. The van der Waals surface area contributed by atoms with Crippen LogP contribution in [0, 0.1) is 5.41 Å². The van der Waals surface area contributed by atoms with Crippen LogP contribution in [0.5, 0.6) is 0 Å². The van der Waals surface area contributed by atoms with Crippen LogP contribution in [0.4, 0.5) is 0 Å². The number of carbonyl (C=O) groups is 1. The number of halogens is 2. The topological polar surface area (TPSA) is 29.1 Å². The van der Waals surface area contributed by atoms with Crippen LogP contribution in [-0.2, 0) is 0 Å². The van der Waals surface area contributed by atoms with Gasteiger partial charge in [0.1, 0.15) is 0 Å². The van der Waals surface area contributed by atoms with Crippen molar-refractivity contribution in [1.29, 1.82) is 0 Å². The van der Waals surface area contributed by atoms with Gasteiger partial charge in [-0.1, -0.05) is 44.5 Å². The van der Waals surface area contributed by atoms with Gasteiger partial charge in [0, 0.05) is 11.9 Å². The molecule has 1 N–H and O–H groups in total. The number of amides is 1. The van der Waals surface area contributed by atoms with Gasteiger partial charge in [0.2, 0.25) is 0 Å². The highest BCUT2D eigenvalue weighted by atomic mass is 35.5. The zero-order chi connectivity index (χ0) is 13.8. The number of hydrogen-bond donors (Lipinski definition) is 1. The van der Waals surface area contributed by atoms with Crippen LogP contribution in [-0.4, -0.2) is 17.8 Å². The third-order valence-electron chi connectivity index (χ3n) is 2.87. The van der Waals surface area contributed by atoms with Gasteiger partial charge in [0.25, 0.3) is 5.91 Å². The molecule has 18 heavy (non-hydrogen) atoms. The van der Waals surface area contributed by atoms with Gasteiger partial charge in [0.15, 0.2) is 0 Å². The SMILES string of the molecule is CC(C)(C)C(CCCl)NC(=O)c1ccccc1Cl. The molecule has 0 aromatic heterocycles. The highest BCUT2D eigenvalue weighted by Gasteiger charge is 2.26. The Morgan fingerprint density at radius 2 is 1.94 bits per heavy atom. The molecular formula is C14H19Cl2NO. The van der Waals surface area contributed by atoms with Gasteiger partial charge in [0.05, 0.1) is 10.6 Å². The molecule has 1 aromatic carbocycles. The van der Waals surface area contributed by atoms with Crippen LogP contribution >= 0.6 is 23.2 Å². The Balaban J connectivity index is 2.82. The van der Waals surface area contributed by atoms with E-state index < -0.39 is 0 Å². The largest absolute Gasteiger partial charge is 0.349 e. The van der Waals surface area contributed by atoms with Gasteiger partial charge in [-0.25, -0.2) is 0 Å². The first-order chi connectivity index (χ1) is 8.36. The maximum atomic E-state index is 12.2. The van der Waals surface area contributed by atoms with E-state index in [4.69, 9.17) is 23.2 Å². The molecule has 1 unspecified atom stereocenters. The van der Waals surface area contributed by atoms with E-state index in [2.05, 4.69) is 26.1 Å². The van der Waals surface area contributed by atoms with E-state index in [1.54, 1.807) is 24.3 Å². The predicted molar refractivity (Wildman–Crippen MR) is 77.5 cm³/mol. The first-order valence-electron chi connectivity index (χ1n) is 5.97. The van der Waals surface area contributed by atoms with E-state index >= 15 is 0 Å². The summed E-state index contributed by atoms with van der Waals surface area (Å²) >= 11 is 11.8. The minimum atomic E-state index is -0.148. The van der Waals surface area contributed by atoms with E-state index in [9.17, 15) is 4.79 Å². The fourth-order valence-electron chi connectivity index (χ4n) is 1.71. The molecule has 0 saturated carbocycles. The van der Waals surface area contributed by atoms with E-state index in [1.165, 1.54) is 0 Å².